The predicted octanol–water partition coefficient (Wildman–Crippen LogP) is 1.99. The lowest BCUT2D eigenvalue weighted by molar-refractivity contribution is 0.102. The maximum absolute atomic E-state index is 13.0. The highest BCUT2D eigenvalue weighted by Gasteiger charge is 2.33. The number of nitrogens with zero attached hydrogens (tertiary/aromatic N) is 3. The predicted molar refractivity (Wildman–Crippen MR) is 90.2 cm³/mol. The minimum atomic E-state index is -3.84. The Hall–Kier alpha value is -2.26. The van der Waals surface area contributed by atoms with E-state index in [4.69, 9.17) is 0 Å². The standard InChI is InChI=1S/C16H19FN4O3S/c1-20-11-14(15(22)18-13-7-5-12(17)6-8-13)16(19-20)25(23,24)21-9-3-2-4-10-21/h5-8,11H,2-4,9-10H2,1H3,(H,18,22). The van der Waals surface area contributed by atoms with Crippen LogP contribution in [0.2, 0.25) is 0 Å². The van der Waals surface area contributed by atoms with Gasteiger partial charge in [0.2, 0.25) is 5.03 Å². The SMILES string of the molecule is Cn1cc(C(=O)Nc2ccc(F)cc2)c(S(=O)(=O)N2CCCCC2)n1. The molecule has 0 unspecified atom stereocenters. The third kappa shape index (κ3) is 3.72. The number of aryl methyl sites for hydroxylation is 1. The van der Waals surface area contributed by atoms with Crippen LogP contribution in [0.4, 0.5) is 10.1 Å². The number of hydrogen-bond donors (Lipinski definition) is 1. The van der Waals surface area contributed by atoms with E-state index >= 15 is 0 Å². The van der Waals surface area contributed by atoms with Crippen LogP contribution in [0.25, 0.3) is 0 Å². The van der Waals surface area contributed by atoms with Crippen LogP contribution in [0.15, 0.2) is 35.5 Å². The summed E-state index contributed by atoms with van der Waals surface area (Å²) in [7, 11) is -2.28. The smallest absolute Gasteiger partial charge is 0.263 e. The van der Waals surface area contributed by atoms with Gasteiger partial charge in [0.05, 0.1) is 5.56 Å². The molecule has 1 amide bonds. The summed E-state index contributed by atoms with van der Waals surface area (Å²) in [5.41, 5.74) is 0.342. The number of amides is 1. The number of anilines is 1. The number of aromatic nitrogens is 2. The molecule has 1 fully saturated rings. The van der Waals surface area contributed by atoms with Gasteiger partial charge in [-0.3, -0.25) is 9.48 Å². The quantitative estimate of drug-likeness (QED) is 0.897. The Bertz CT molecular complexity index is 871. The number of nitrogens with one attached hydrogen (secondary N) is 1. The van der Waals surface area contributed by atoms with E-state index in [-0.39, 0.29) is 10.6 Å². The zero-order chi connectivity index (χ0) is 18.0. The summed E-state index contributed by atoms with van der Waals surface area (Å²) < 4.78 is 41.3. The van der Waals surface area contributed by atoms with Gasteiger partial charge in [0.15, 0.2) is 0 Å². The summed E-state index contributed by atoms with van der Waals surface area (Å²) in [5.74, 6) is -1.02. The fourth-order valence-corrected chi connectivity index (χ4v) is 4.41. The van der Waals surface area contributed by atoms with Gasteiger partial charge in [-0.2, -0.15) is 9.40 Å². The van der Waals surface area contributed by atoms with Gasteiger partial charge < -0.3 is 5.32 Å². The average molecular weight is 366 g/mol. The summed E-state index contributed by atoms with van der Waals surface area (Å²) in [4.78, 5) is 12.5. The Morgan fingerprint density at radius 3 is 2.44 bits per heavy atom. The van der Waals surface area contributed by atoms with Crippen LogP contribution in [0, 0.1) is 5.82 Å². The van der Waals surface area contributed by atoms with Crippen molar-refractivity contribution in [3.8, 4) is 0 Å². The topological polar surface area (TPSA) is 84.3 Å². The van der Waals surface area contributed by atoms with Crippen LogP contribution in [-0.2, 0) is 17.1 Å². The highest BCUT2D eigenvalue weighted by atomic mass is 32.2. The maximum atomic E-state index is 13.0. The second kappa shape index (κ2) is 6.93. The van der Waals surface area contributed by atoms with E-state index in [0.29, 0.717) is 18.8 Å². The molecule has 7 nitrogen and oxygen atoms in total. The van der Waals surface area contributed by atoms with Crippen molar-refractivity contribution >= 4 is 21.6 Å². The molecule has 2 aromatic rings. The van der Waals surface area contributed by atoms with Gasteiger partial charge in [0.25, 0.3) is 15.9 Å². The molecule has 1 aromatic heterocycles. The fraction of sp³-hybridized carbons (Fsp3) is 0.375. The van der Waals surface area contributed by atoms with E-state index in [1.807, 2.05) is 0 Å². The van der Waals surface area contributed by atoms with Gasteiger partial charge in [0.1, 0.15) is 5.82 Å². The van der Waals surface area contributed by atoms with Crippen LogP contribution < -0.4 is 5.32 Å². The summed E-state index contributed by atoms with van der Waals surface area (Å²) in [5, 5.41) is 6.32. The summed E-state index contributed by atoms with van der Waals surface area (Å²) in [6, 6.07) is 5.24. The number of carbonyl (C=O) groups excluding carboxylic acids is 1. The first-order chi connectivity index (χ1) is 11.9. The van der Waals surface area contributed by atoms with Gasteiger partial charge in [-0.15, -0.1) is 0 Å². The number of benzene rings is 1. The molecule has 25 heavy (non-hydrogen) atoms. The average Bonchev–Trinajstić information content (AvgIpc) is 3.00. The third-order valence-electron chi connectivity index (χ3n) is 4.04. The van der Waals surface area contributed by atoms with Gasteiger partial charge in [-0.05, 0) is 37.1 Å². The molecule has 1 aromatic carbocycles. The lowest BCUT2D eigenvalue weighted by Crippen LogP contribution is -2.36. The molecule has 1 aliphatic heterocycles. The highest BCUT2D eigenvalue weighted by Crippen LogP contribution is 2.23. The highest BCUT2D eigenvalue weighted by molar-refractivity contribution is 7.89. The Balaban J connectivity index is 1.89. The summed E-state index contributed by atoms with van der Waals surface area (Å²) >= 11 is 0. The van der Waals surface area contributed by atoms with Crippen molar-refractivity contribution in [2.75, 3.05) is 18.4 Å². The van der Waals surface area contributed by atoms with Gasteiger partial charge >= 0.3 is 0 Å². The van der Waals surface area contributed by atoms with Crippen molar-refractivity contribution in [2.45, 2.75) is 24.3 Å². The zero-order valence-corrected chi connectivity index (χ0v) is 14.6. The Morgan fingerprint density at radius 1 is 1.16 bits per heavy atom. The Labute approximate surface area is 145 Å². The minimum Gasteiger partial charge on any atom is -0.322 e. The molecule has 2 heterocycles. The Morgan fingerprint density at radius 2 is 1.80 bits per heavy atom. The molecule has 0 saturated carbocycles. The van der Waals surface area contributed by atoms with Crippen LogP contribution in [0.5, 0.6) is 0 Å². The van der Waals surface area contributed by atoms with Gasteiger partial charge in [-0.25, -0.2) is 12.8 Å². The molecule has 1 N–H and O–H groups in total. The second-order valence-electron chi connectivity index (χ2n) is 5.95. The van der Waals surface area contributed by atoms with E-state index in [0.717, 1.165) is 19.3 Å². The molecule has 0 spiro atoms. The van der Waals surface area contributed by atoms with E-state index in [2.05, 4.69) is 10.4 Å². The molecular weight excluding hydrogens is 347 g/mol. The molecule has 0 atom stereocenters. The number of rotatable bonds is 4. The molecular formula is C16H19FN4O3S. The van der Waals surface area contributed by atoms with Crippen molar-refractivity contribution < 1.29 is 17.6 Å². The number of sulfonamides is 1. The molecule has 1 aliphatic rings. The van der Waals surface area contributed by atoms with Crippen LogP contribution in [0.1, 0.15) is 29.6 Å². The minimum absolute atomic E-state index is 0.0302. The number of carbonyl (C=O) groups is 1. The first-order valence-corrected chi connectivity index (χ1v) is 9.42. The van der Waals surface area contributed by atoms with E-state index in [1.165, 1.54) is 39.4 Å². The van der Waals surface area contributed by atoms with Gasteiger partial charge in [-0.1, -0.05) is 6.42 Å². The van der Waals surface area contributed by atoms with Crippen LogP contribution in [0.3, 0.4) is 0 Å². The fourth-order valence-electron chi connectivity index (χ4n) is 2.77. The summed E-state index contributed by atoms with van der Waals surface area (Å²) in [6.07, 6.45) is 3.95. The maximum Gasteiger partial charge on any atom is 0.263 e. The largest absolute Gasteiger partial charge is 0.322 e. The molecule has 9 heteroatoms. The number of halogens is 1. The van der Waals surface area contributed by atoms with Crippen molar-refractivity contribution in [3.63, 3.8) is 0 Å². The number of piperidine rings is 1. The third-order valence-corrected chi connectivity index (χ3v) is 5.88. The molecule has 134 valence electrons. The molecule has 1 saturated heterocycles. The van der Waals surface area contributed by atoms with Crippen molar-refractivity contribution in [2.24, 2.45) is 7.05 Å². The van der Waals surface area contributed by atoms with Crippen molar-refractivity contribution in [1.29, 1.82) is 0 Å². The van der Waals surface area contributed by atoms with E-state index in [9.17, 15) is 17.6 Å². The first kappa shape index (κ1) is 17.6. The Kier molecular flexibility index (Phi) is 4.87. The molecule has 0 radical (unpaired) electrons. The zero-order valence-electron chi connectivity index (χ0n) is 13.8. The van der Waals surface area contributed by atoms with Crippen molar-refractivity contribution in [3.05, 3.63) is 41.8 Å². The lowest BCUT2D eigenvalue weighted by Gasteiger charge is -2.25. The second-order valence-corrected chi connectivity index (χ2v) is 7.80. The molecule has 0 aliphatic carbocycles. The van der Waals surface area contributed by atoms with E-state index in [1.54, 1.807) is 7.05 Å². The van der Waals surface area contributed by atoms with Crippen LogP contribution >= 0.6 is 0 Å². The van der Waals surface area contributed by atoms with E-state index < -0.39 is 21.7 Å². The normalized spacial score (nSPS) is 15.9. The van der Waals surface area contributed by atoms with Gasteiger partial charge in [0, 0.05) is 32.0 Å². The summed E-state index contributed by atoms with van der Waals surface area (Å²) in [6.45, 7) is 0.857. The first-order valence-electron chi connectivity index (χ1n) is 7.98. The van der Waals surface area contributed by atoms with Crippen molar-refractivity contribution in [1.82, 2.24) is 14.1 Å². The number of hydrogen-bond acceptors (Lipinski definition) is 4. The lowest BCUT2D eigenvalue weighted by atomic mass is 10.2. The monoisotopic (exact) mass is 366 g/mol. The van der Waals surface area contributed by atoms with Crippen LogP contribution in [-0.4, -0.2) is 41.5 Å². The molecule has 3 rings (SSSR count). The molecule has 0 bridgehead atoms.